The largest absolute Gasteiger partial charge is 0.404 e. The number of hydrogen-bond acceptors (Lipinski definition) is 3. The Morgan fingerprint density at radius 3 is 2.59 bits per heavy atom. The molecule has 0 radical (unpaired) electrons. The molecule has 0 aliphatic carbocycles. The van der Waals surface area contributed by atoms with E-state index in [1.807, 2.05) is 24.3 Å². The van der Waals surface area contributed by atoms with Gasteiger partial charge in [0.15, 0.2) is 0 Å². The molecule has 1 aromatic heterocycles. The van der Waals surface area contributed by atoms with Crippen LogP contribution in [0.5, 0.6) is 0 Å². The van der Waals surface area contributed by atoms with Gasteiger partial charge in [-0.25, -0.2) is 0 Å². The highest BCUT2D eigenvalue weighted by molar-refractivity contribution is 9.10. The zero-order chi connectivity index (χ0) is 12.4. The second kappa shape index (κ2) is 4.97. The van der Waals surface area contributed by atoms with Crippen molar-refractivity contribution in [3.05, 3.63) is 55.1 Å². The summed E-state index contributed by atoms with van der Waals surface area (Å²) in [5.74, 6) is -0.169. The zero-order valence-electron chi connectivity index (χ0n) is 8.51. The fourth-order valence-corrected chi connectivity index (χ4v) is 2.26. The van der Waals surface area contributed by atoms with Gasteiger partial charge in [-0.2, -0.15) is 4.68 Å². The van der Waals surface area contributed by atoms with E-state index in [1.165, 1.54) is 4.68 Å². The summed E-state index contributed by atoms with van der Waals surface area (Å²) >= 11 is 6.53. The van der Waals surface area contributed by atoms with E-state index in [4.69, 9.17) is 0 Å². The van der Waals surface area contributed by atoms with Crippen LogP contribution in [0, 0.1) is 10.1 Å². The van der Waals surface area contributed by atoms with Crippen molar-refractivity contribution in [3.63, 3.8) is 0 Å². The van der Waals surface area contributed by atoms with E-state index < -0.39 is 4.92 Å². The van der Waals surface area contributed by atoms with Gasteiger partial charge in [-0.3, -0.25) is 0 Å². The molecule has 1 heterocycles. The van der Waals surface area contributed by atoms with E-state index in [0.29, 0.717) is 11.0 Å². The Kier molecular flexibility index (Phi) is 3.58. The lowest BCUT2D eigenvalue weighted by Gasteiger charge is -2.00. The smallest absolute Gasteiger partial charge is 0.358 e. The molecule has 0 aliphatic heterocycles. The molecule has 7 heteroatoms. The fraction of sp³-hybridized carbons (Fsp3) is 0.100. The summed E-state index contributed by atoms with van der Waals surface area (Å²) in [5.41, 5.74) is 1.01. The Bertz CT molecular complexity index is 568. The summed E-state index contributed by atoms with van der Waals surface area (Å²) in [4.78, 5) is 10.1. The quantitative estimate of drug-likeness (QED) is 0.622. The van der Waals surface area contributed by atoms with E-state index in [9.17, 15) is 10.1 Å². The van der Waals surface area contributed by atoms with Crippen molar-refractivity contribution in [3.8, 4) is 0 Å². The SMILES string of the molecule is O=[N+]([O-])c1nn(Cc2ccccc2Br)cc1Br. The summed E-state index contributed by atoms with van der Waals surface area (Å²) in [7, 11) is 0. The molecule has 5 nitrogen and oxygen atoms in total. The third-order valence-electron chi connectivity index (χ3n) is 2.16. The molecule has 0 spiro atoms. The van der Waals surface area contributed by atoms with Gasteiger partial charge in [-0.05, 0) is 32.5 Å². The number of halogens is 2. The van der Waals surface area contributed by atoms with Crippen molar-refractivity contribution in [2.24, 2.45) is 0 Å². The predicted molar refractivity (Wildman–Crippen MR) is 69.8 cm³/mol. The first-order valence-electron chi connectivity index (χ1n) is 4.68. The van der Waals surface area contributed by atoms with Gasteiger partial charge in [-0.15, -0.1) is 0 Å². The van der Waals surface area contributed by atoms with Crippen LogP contribution in [0.3, 0.4) is 0 Å². The van der Waals surface area contributed by atoms with Crippen LogP contribution in [-0.2, 0) is 6.54 Å². The van der Waals surface area contributed by atoms with Crippen molar-refractivity contribution < 1.29 is 4.92 Å². The van der Waals surface area contributed by atoms with Crippen LogP contribution in [0.2, 0.25) is 0 Å². The van der Waals surface area contributed by atoms with E-state index in [-0.39, 0.29) is 5.82 Å². The Hall–Kier alpha value is -1.21. The number of rotatable bonds is 3. The second-order valence-corrected chi connectivity index (χ2v) is 5.06. The van der Waals surface area contributed by atoms with Crippen molar-refractivity contribution in [2.75, 3.05) is 0 Å². The third-order valence-corrected chi connectivity index (χ3v) is 3.50. The van der Waals surface area contributed by atoms with Crippen LogP contribution in [0.15, 0.2) is 39.4 Å². The van der Waals surface area contributed by atoms with E-state index in [1.54, 1.807) is 6.20 Å². The molecule has 0 saturated heterocycles. The molecule has 0 saturated carbocycles. The molecule has 0 amide bonds. The third kappa shape index (κ3) is 2.73. The van der Waals surface area contributed by atoms with Crippen LogP contribution in [0.4, 0.5) is 5.82 Å². The van der Waals surface area contributed by atoms with Gasteiger partial charge >= 0.3 is 5.82 Å². The Morgan fingerprint density at radius 1 is 1.29 bits per heavy atom. The van der Waals surface area contributed by atoms with Crippen molar-refractivity contribution >= 4 is 37.7 Å². The van der Waals surface area contributed by atoms with Gasteiger partial charge in [0.05, 0.1) is 17.8 Å². The number of benzene rings is 1. The summed E-state index contributed by atoms with van der Waals surface area (Å²) in [6.45, 7) is 0.480. The molecule has 0 fully saturated rings. The first kappa shape index (κ1) is 12.3. The highest BCUT2D eigenvalue weighted by Crippen LogP contribution is 2.23. The predicted octanol–water partition coefficient (Wildman–Crippen LogP) is 3.36. The lowest BCUT2D eigenvalue weighted by atomic mass is 10.2. The van der Waals surface area contributed by atoms with Gasteiger partial charge in [0.1, 0.15) is 4.47 Å². The Balaban J connectivity index is 2.28. The first-order valence-corrected chi connectivity index (χ1v) is 6.27. The number of nitrogens with zero attached hydrogens (tertiary/aromatic N) is 3. The molecule has 2 rings (SSSR count). The lowest BCUT2D eigenvalue weighted by Crippen LogP contribution is -2.01. The topological polar surface area (TPSA) is 61.0 Å². The molecular formula is C10H7Br2N3O2. The minimum absolute atomic E-state index is 0.169. The summed E-state index contributed by atoms with van der Waals surface area (Å²) < 4.78 is 2.87. The van der Waals surface area contributed by atoms with Gasteiger partial charge in [0, 0.05) is 4.47 Å². The van der Waals surface area contributed by atoms with E-state index in [0.717, 1.165) is 10.0 Å². The number of aromatic nitrogens is 2. The maximum Gasteiger partial charge on any atom is 0.404 e. The Morgan fingerprint density at radius 2 is 2.00 bits per heavy atom. The Labute approximate surface area is 114 Å². The van der Waals surface area contributed by atoms with Crippen molar-refractivity contribution in [1.82, 2.24) is 9.78 Å². The minimum atomic E-state index is -0.513. The normalized spacial score (nSPS) is 10.5. The molecule has 2 aromatic rings. The lowest BCUT2D eigenvalue weighted by molar-refractivity contribution is -0.390. The van der Waals surface area contributed by atoms with E-state index >= 15 is 0 Å². The fourth-order valence-electron chi connectivity index (χ4n) is 1.39. The maximum atomic E-state index is 10.6. The molecule has 17 heavy (non-hydrogen) atoms. The molecule has 0 unspecified atom stereocenters. The monoisotopic (exact) mass is 359 g/mol. The number of nitro groups is 1. The average molecular weight is 361 g/mol. The van der Waals surface area contributed by atoms with Gasteiger partial charge < -0.3 is 10.1 Å². The van der Waals surface area contributed by atoms with E-state index in [2.05, 4.69) is 37.0 Å². The molecule has 0 atom stereocenters. The van der Waals surface area contributed by atoms with Gasteiger partial charge in [-0.1, -0.05) is 34.1 Å². The second-order valence-electron chi connectivity index (χ2n) is 3.35. The maximum absolute atomic E-state index is 10.6. The van der Waals surface area contributed by atoms with Crippen LogP contribution in [0.25, 0.3) is 0 Å². The summed E-state index contributed by atoms with van der Waals surface area (Å²) in [6.07, 6.45) is 1.59. The van der Waals surface area contributed by atoms with Crippen molar-refractivity contribution in [2.45, 2.75) is 6.54 Å². The molecule has 1 aromatic carbocycles. The first-order chi connectivity index (χ1) is 8.08. The van der Waals surface area contributed by atoms with Crippen molar-refractivity contribution in [1.29, 1.82) is 0 Å². The molecule has 88 valence electrons. The minimum Gasteiger partial charge on any atom is -0.358 e. The van der Waals surface area contributed by atoms with Gasteiger partial charge in [0.2, 0.25) is 0 Å². The highest BCUT2D eigenvalue weighted by atomic mass is 79.9. The van der Waals surface area contributed by atoms with Crippen LogP contribution < -0.4 is 0 Å². The van der Waals surface area contributed by atoms with Gasteiger partial charge in [0.25, 0.3) is 0 Å². The standard InChI is InChI=1S/C10H7Br2N3O2/c11-8-4-2-1-3-7(8)5-14-6-9(12)10(13-14)15(16)17/h1-4,6H,5H2. The van der Waals surface area contributed by atoms with Crippen LogP contribution in [-0.4, -0.2) is 14.7 Å². The van der Waals surface area contributed by atoms with Crippen LogP contribution >= 0.6 is 31.9 Å². The van der Waals surface area contributed by atoms with Crippen LogP contribution in [0.1, 0.15) is 5.56 Å². The highest BCUT2D eigenvalue weighted by Gasteiger charge is 2.18. The molecule has 0 N–H and O–H groups in total. The summed E-state index contributed by atoms with van der Waals surface area (Å²) in [6, 6.07) is 7.68. The average Bonchev–Trinajstić information content (AvgIpc) is 2.63. The summed E-state index contributed by atoms with van der Waals surface area (Å²) in [5, 5.41) is 14.5. The molecule has 0 bridgehead atoms. The zero-order valence-corrected chi connectivity index (χ0v) is 11.7. The number of hydrogen-bond donors (Lipinski definition) is 0. The molecular weight excluding hydrogens is 354 g/mol. The molecule has 0 aliphatic rings.